The van der Waals surface area contributed by atoms with E-state index in [9.17, 15) is 0 Å². The molecule has 1 rings (SSSR count). The number of benzene rings is 1. The number of hydrogen-bond acceptors (Lipinski definition) is 2. The molecule has 0 fully saturated rings. The molecule has 1 aromatic rings. The second-order valence-electron chi connectivity index (χ2n) is 9.52. The molecule has 0 amide bonds. The minimum atomic E-state index is -2.86. The van der Waals surface area contributed by atoms with Crippen LogP contribution in [0.1, 0.15) is 0 Å². The topological polar surface area (TPSA) is 69.0 Å². The third-order valence-corrected chi connectivity index (χ3v) is 17.4. The summed E-state index contributed by atoms with van der Waals surface area (Å²) in [6.07, 6.45) is 0. The summed E-state index contributed by atoms with van der Waals surface area (Å²) >= 11 is 0. The Labute approximate surface area is 215 Å². The van der Waals surface area contributed by atoms with Crippen LogP contribution in [0.2, 0.25) is 0 Å². The van der Waals surface area contributed by atoms with Crippen molar-refractivity contribution in [3.63, 3.8) is 0 Å². The zero-order chi connectivity index (χ0) is 27.4. The van der Waals surface area contributed by atoms with Crippen LogP contribution in [-0.4, -0.2) is 138 Å². The van der Waals surface area contributed by atoms with Crippen molar-refractivity contribution in [3.8, 4) is 5.75 Å². The van der Waals surface area contributed by atoms with Gasteiger partial charge in [-0.3, -0.25) is 28.0 Å². The second-order valence-corrected chi connectivity index (χ2v) is 20.0. The second kappa shape index (κ2) is 12.8. The lowest BCUT2D eigenvalue weighted by Gasteiger charge is -2.45. The SMILES string of the molecule is COc1ccc(N=P(N=P(N(C)C)(N(C)C)N(C)C)(N=P(N(C)C)(N(C)C)N(C)C)N(C)C)cc1. The van der Waals surface area contributed by atoms with Gasteiger partial charge in [0.15, 0.2) is 15.0 Å². The molecule has 0 aliphatic heterocycles. The lowest BCUT2D eigenvalue weighted by molar-refractivity contribution is 0.415. The molecule has 204 valence electrons. The van der Waals surface area contributed by atoms with Gasteiger partial charge in [-0.15, -0.1) is 0 Å². The van der Waals surface area contributed by atoms with E-state index in [0.29, 0.717) is 0 Å². The van der Waals surface area contributed by atoms with E-state index in [1.54, 1.807) is 7.11 Å². The first kappa shape index (κ1) is 32.5. The molecule has 0 aliphatic carbocycles. The molecule has 0 radical (unpaired) electrons. The van der Waals surface area contributed by atoms with Crippen LogP contribution in [0.4, 0.5) is 5.69 Å². The largest absolute Gasteiger partial charge is 0.497 e. The van der Waals surface area contributed by atoms with Crippen LogP contribution in [0.25, 0.3) is 0 Å². The maximum absolute atomic E-state index is 5.72. The molecule has 0 saturated carbocycles. The lowest BCUT2D eigenvalue weighted by atomic mass is 10.3. The van der Waals surface area contributed by atoms with Gasteiger partial charge < -0.3 is 4.74 Å². The van der Waals surface area contributed by atoms with Crippen molar-refractivity contribution in [2.75, 3.05) is 106 Å². The van der Waals surface area contributed by atoms with E-state index in [1.165, 1.54) is 0 Å². The summed E-state index contributed by atoms with van der Waals surface area (Å²) in [7, 11) is 23.2. The highest BCUT2D eigenvalue weighted by Gasteiger charge is 2.39. The van der Waals surface area contributed by atoms with E-state index >= 15 is 0 Å². The van der Waals surface area contributed by atoms with Gasteiger partial charge in [0.1, 0.15) is 5.75 Å². The first-order valence-corrected chi connectivity index (χ1v) is 16.1. The number of hydrogen-bond donors (Lipinski definition) is 0. The predicted octanol–water partition coefficient (Wildman–Crippen LogP) is 5.10. The Morgan fingerprint density at radius 2 is 0.829 bits per heavy atom. The van der Waals surface area contributed by atoms with Gasteiger partial charge >= 0.3 is 0 Å². The molecule has 0 spiro atoms. The van der Waals surface area contributed by atoms with Crippen LogP contribution >= 0.6 is 22.5 Å². The van der Waals surface area contributed by atoms with Crippen molar-refractivity contribution >= 4 is 28.2 Å². The Balaban J connectivity index is 4.50. The summed E-state index contributed by atoms with van der Waals surface area (Å²) in [5.41, 5.74) is 0.823. The Morgan fingerprint density at radius 1 is 0.514 bits per heavy atom. The summed E-state index contributed by atoms with van der Waals surface area (Å²) in [5, 5.41) is 0. The monoisotopic (exact) mass is 550 g/mol. The zero-order valence-corrected chi connectivity index (χ0v) is 27.2. The van der Waals surface area contributed by atoms with Crippen molar-refractivity contribution in [1.82, 2.24) is 32.7 Å². The molecule has 0 aromatic heterocycles. The fraction of sp³-hybridized carbons (Fsp3) is 0.714. The normalized spacial score (nSPS) is 13.7. The van der Waals surface area contributed by atoms with E-state index in [2.05, 4.69) is 117 Å². The molecule has 0 heterocycles. The van der Waals surface area contributed by atoms with Crippen LogP contribution in [0.3, 0.4) is 0 Å². The predicted molar refractivity (Wildman–Crippen MR) is 157 cm³/mol. The summed E-state index contributed by atoms with van der Waals surface area (Å²) < 4.78 is 37.6. The van der Waals surface area contributed by atoms with Gasteiger partial charge in [-0.25, -0.2) is 9.42 Å². The minimum absolute atomic E-state index is 0.792. The van der Waals surface area contributed by atoms with Crippen LogP contribution in [0.15, 0.2) is 38.0 Å². The Hall–Kier alpha value is -0.570. The van der Waals surface area contributed by atoms with E-state index in [4.69, 9.17) is 18.5 Å². The maximum Gasteiger partial charge on any atom is 0.264 e. The molecule has 11 nitrogen and oxygen atoms in total. The first-order valence-electron chi connectivity index (χ1n) is 11.3. The van der Waals surface area contributed by atoms with Crippen LogP contribution in [0.5, 0.6) is 5.75 Å². The average molecular weight is 551 g/mol. The van der Waals surface area contributed by atoms with Crippen molar-refractivity contribution in [3.05, 3.63) is 24.3 Å². The van der Waals surface area contributed by atoms with Crippen LogP contribution < -0.4 is 4.74 Å². The zero-order valence-electron chi connectivity index (χ0n) is 24.5. The maximum atomic E-state index is 5.72. The Bertz CT molecular complexity index is 881. The molecule has 0 saturated heterocycles. The third-order valence-electron chi connectivity index (χ3n) is 5.56. The van der Waals surface area contributed by atoms with Crippen LogP contribution in [0, 0.1) is 0 Å². The molecular formula is C21H49N10OP3. The molecular weight excluding hydrogens is 501 g/mol. The molecule has 35 heavy (non-hydrogen) atoms. The standard InChI is InChI=1S/C21H49N10OP3/c1-25(2)33(22-20-16-18-21(32-15)19-17-20,23-34(26(3)4,27(5)6)28(7)8)24-35(29(9)10,30(11)12)31(13)14/h16-19H,1-15H3. The van der Waals surface area contributed by atoms with Gasteiger partial charge in [-0.05, 0) is 123 Å². The van der Waals surface area contributed by atoms with E-state index < -0.39 is 22.5 Å². The Kier molecular flexibility index (Phi) is 11.9. The minimum Gasteiger partial charge on any atom is -0.497 e. The number of methoxy groups -OCH3 is 1. The molecule has 0 unspecified atom stereocenters. The summed E-state index contributed by atoms with van der Waals surface area (Å²) in [6.45, 7) is 0. The summed E-state index contributed by atoms with van der Waals surface area (Å²) in [5.74, 6) is 0.792. The highest BCUT2D eigenvalue weighted by Crippen LogP contribution is 2.74. The lowest BCUT2D eigenvalue weighted by Crippen LogP contribution is -2.32. The molecule has 0 N–H and O–H groups in total. The van der Waals surface area contributed by atoms with Crippen molar-refractivity contribution in [1.29, 1.82) is 0 Å². The van der Waals surface area contributed by atoms with Gasteiger partial charge in [0.25, 0.3) is 7.51 Å². The summed E-state index contributed by atoms with van der Waals surface area (Å²) in [4.78, 5) is 0. The van der Waals surface area contributed by atoms with Crippen molar-refractivity contribution < 1.29 is 4.74 Å². The fourth-order valence-electron chi connectivity index (χ4n) is 4.06. The van der Waals surface area contributed by atoms with Crippen molar-refractivity contribution in [2.45, 2.75) is 0 Å². The summed E-state index contributed by atoms with van der Waals surface area (Å²) in [6, 6.07) is 7.82. The van der Waals surface area contributed by atoms with E-state index in [-0.39, 0.29) is 0 Å². The quantitative estimate of drug-likeness (QED) is 0.353. The fourth-order valence-corrected chi connectivity index (χ4v) is 17.5. The van der Waals surface area contributed by atoms with Gasteiger partial charge in [0.05, 0.1) is 12.8 Å². The number of nitrogens with zero attached hydrogens (tertiary/aromatic N) is 10. The van der Waals surface area contributed by atoms with Crippen LogP contribution in [-0.2, 0) is 0 Å². The molecule has 1 aromatic carbocycles. The first-order chi connectivity index (χ1) is 16.0. The molecule has 14 heteroatoms. The molecule has 0 bridgehead atoms. The van der Waals surface area contributed by atoms with Crippen molar-refractivity contribution in [2.24, 2.45) is 13.8 Å². The van der Waals surface area contributed by atoms with Gasteiger partial charge in [0.2, 0.25) is 0 Å². The van der Waals surface area contributed by atoms with Gasteiger partial charge in [-0.1, -0.05) is 0 Å². The molecule has 0 aliphatic rings. The highest BCUT2D eigenvalue weighted by molar-refractivity contribution is 7.76. The average Bonchev–Trinajstić information content (AvgIpc) is 2.74. The smallest absolute Gasteiger partial charge is 0.264 e. The number of rotatable bonds is 11. The molecule has 0 atom stereocenters. The Morgan fingerprint density at radius 3 is 1.06 bits per heavy atom. The van der Waals surface area contributed by atoms with E-state index in [1.807, 2.05) is 38.4 Å². The third kappa shape index (κ3) is 6.66. The van der Waals surface area contributed by atoms with Gasteiger partial charge in [0, 0.05) is 0 Å². The number of ether oxygens (including phenoxy) is 1. The van der Waals surface area contributed by atoms with Gasteiger partial charge in [-0.2, -0.15) is 9.03 Å². The highest BCUT2D eigenvalue weighted by atomic mass is 31.2. The van der Waals surface area contributed by atoms with E-state index in [0.717, 1.165) is 11.4 Å².